The van der Waals surface area contributed by atoms with Gasteiger partial charge in [0.2, 0.25) is 0 Å². The average Bonchev–Trinajstić information content (AvgIpc) is 2.66. The number of hydrogen-bond donors (Lipinski definition) is 1. The largest absolute Gasteiger partial charge is 0.328 e. The highest BCUT2D eigenvalue weighted by molar-refractivity contribution is 6.62. The summed E-state index contributed by atoms with van der Waals surface area (Å²) >= 11 is 5.32. The maximum absolute atomic E-state index is 10.8. The fourth-order valence-corrected chi connectivity index (χ4v) is 2.14. The zero-order chi connectivity index (χ0) is 10.7. The molecule has 0 saturated carbocycles. The molecule has 1 fully saturated rings. The van der Waals surface area contributed by atoms with Gasteiger partial charge >= 0.3 is 5.37 Å². The third-order valence-electron chi connectivity index (χ3n) is 2.67. The molecule has 0 aromatic heterocycles. The number of nitrogens with one attached hydrogen (secondary N) is 1. The molecule has 0 spiro atoms. The van der Waals surface area contributed by atoms with Crippen molar-refractivity contribution in [1.29, 1.82) is 0 Å². The first-order chi connectivity index (χ1) is 7.27. The Bertz CT molecular complexity index is 342. The molecule has 1 amide bonds. The SMILES string of the molecule is O=C(Cl)NN1CCCC1c1ccccc1. The molecule has 0 bridgehead atoms. The number of hydrazine groups is 1. The van der Waals surface area contributed by atoms with Gasteiger partial charge in [-0.05, 0) is 30.0 Å². The molecule has 2 rings (SSSR count). The molecule has 1 aliphatic rings. The molecule has 3 nitrogen and oxygen atoms in total. The topological polar surface area (TPSA) is 32.3 Å². The molecule has 1 unspecified atom stereocenters. The third kappa shape index (κ3) is 2.49. The average molecular weight is 225 g/mol. The Balaban J connectivity index is 2.11. The lowest BCUT2D eigenvalue weighted by atomic mass is 10.1. The normalized spacial score (nSPS) is 21.5. The standard InChI is InChI=1S/C11H13ClN2O/c12-11(15)13-14-8-4-7-10(14)9-5-2-1-3-6-9/h1-3,5-6,10H,4,7-8H2,(H,13,15). The Morgan fingerprint density at radius 3 is 2.80 bits per heavy atom. The number of halogens is 1. The van der Waals surface area contributed by atoms with Gasteiger partial charge in [0.05, 0.1) is 6.04 Å². The summed E-state index contributed by atoms with van der Waals surface area (Å²) in [6, 6.07) is 10.4. The minimum atomic E-state index is -0.516. The predicted molar refractivity (Wildman–Crippen MR) is 59.5 cm³/mol. The molecule has 1 aromatic carbocycles. The molecular formula is C11H13ClN2O. The molecule has 0 radical (unpaired) electrons. The summed E-state index contributed by atoms with van der Waals surface area (Å²) in [5.41, 5.74) is 3.87. The van der Waals surface area contributed by atoms with Gasteiger partial charge in [0.1, 0.15) is 0 Å². The Hall–Kier alpha value is -1.06. The van der Waals surface area contributed by atoms with Crippen LogP contribution in [-0.4, -0.2) is 16.9 Å². The van der Waals surface area contributed by atoms with E-state index in [2.05, 4.69) is 17.6 Å². The molecule has 1 heterocycles. The van der Waals surface area contributed by atoms with Crippen molar-refractivity contribution in [3.05, 3.63) is 35.9 Å². The van der Waals surface area contributed by atoms with Crippen molar-refractivity contribution in [2.45, 2.75) is 18.9 Å². The van der Waals surface area contributed by atoms with Gasteiger partial charge in [0.15, 0.2) is 0 Å². The quantitative estimate of drug-likeness (QED) is 0.619. The first-order valence-electron chi connectivity index (χ1n) is 5.05. The molecule has 15 heavy (non-hydrogen) atoms. The van der Waals surface area contributed by atoms with Crippen molar-refractivity contribution < 1.29 is 4.79 Å². The monoisotopic (exact) mass is 224 g/mol. The van der Waals surface area contributed by atoms with Gasteiger partial charge in [0, 0.05) is 6.54 Å². The first-order valence-corrected chi connectivity index (χ1v) is 5.43. The van der Waals surface area contributed by atoms with E-state index in [9.17, 15) is 4.79 Å². The van der Waals surface area contributed by atoms with Crippen LogP contribution in [0.4, 0.5) is 4.79 Å². The van der Waals surface area contributed by atoms with Crippen LogP contribution in [0.2, 0.25) is 0 Å². The number of carbonyl (C=O) groups excluding carboxylic acids is 1. The summed E-state index contributed by atoms with van der Waals surface area (Å²) < 4.78 is 0. The van der Waals surface area contributed by atoms with Gasteiger partial charge in [-0.15, -0.1) is 0 Å². The maximum atomic E-state index is 10.8. The van der Waals surface area contributed by atoms with Gasteiger partial charge in [-0.25, -0.2) is 5.01 Å². The number of benzene rings is 1. The van der Waals surface area contributed by atoms with Crippen LogP contribution in [0.25, 0.3) is 0 Å². The van der Waals surface area contributed by atoms with Crippen molar-refractivity contribution in [1.82, 2.24) is 10.4 Å². The van der Waals surface area contributed by atoms with E-state index in [1.165, 1.54) is 5.56 Å². The van der Waals surface area contributed by atoms with Crippen molar-refractivity contribution >= 4 is 17.0 Å². The molecule has 1 aromatic rings. The molecule has 1 N–H and O–H groups in total. The molecular weight excluding hydrogens is 212 g/mol. The van der Waals surface area contributed by atoms with Crippen LogP contribution in [0.1, 0.15) is 24.4 Å². The predicted octanol–water partition coefficient (Wildman–Crippen LogP) is 2.69. The lowest BCUT2D eigenvalue weighted by Gasteiger charge is -2.23. The van der Waals surface area contributed by atoms with Gasteiger partial charge < -0.3 is 0 Å². The summed E-state index contributed by atoms with van der Waals surface area (Å²) in [6.07, 6.45) is 2.14. The Kier molecular flexibility index (Phi) is 3.23. The van der Waals surface area contributed by atoms with Crippen LogP contribution in [0.5, 0.6) is 0 Å². The highest BCUT2D eigenvalue weighted by Gasteiger charge is 2.26. The summed E-state index contributed by atoms with van der Waals surface area (Å²) in [5, 5.41) is 1.39. The number of rotatable bonds is 2. The second-order valence-corrected chi connectivity index (χ2v) is 3.99. The van der Waals surface area contributed by atoms with Gasteiger partial charge in [-0.1, -0.05) is 30.3 Å². The summed E-state index contributed by atoms with van der Waals surface area (Å²) in [4.78, 5) is 10.8. The second-order valence-electron chi connectivity index (χ2n) is 3.65. The van der Waals surface area contributed by atoms with Crippen LogP contribution in [0.3, 0.4) is 0 Å². The lowest BCUT2D eigenvalue weighted by molar-refractivity contribution is 0.180. The van der Waals surface area contributed by atoms with Crippen molar-refractivity contribution in [2.24, 2.45) is 0 Å². The van der Waals surface area contributed by atoms with Crippen LogP contribution in [-0.2, 0) is 0 Å². The summed E-state index contributed by atoms with van der Waals surface area (Å²) in [7, 11) is 0. The minimum Gasteiger partial charge on any atom is -0.275 e. The number of hydrogen-bond acceptors (Lipinski definition) is 2. The summed E-state index contributed by atoms with van der Waals surface area (Å²) in [6.45, 7) is 0.859. The third-order valence-corrected chi connectivity index (χ3v) is 2.75. The van der Waals surface area contributed by atoms with Crippen molar-refractivity contribution in [3.8, 4) is 0 Å². The molecule has 1 saturated heterocycles. The van der Waals surface area contributed by atoms with Crippen LogP contribution >= 0.6 is 11.6 Å². The zero-order valence-corrected chi connectivity index (χ0v) is 9.07. The second kappa shape index (κ2) is 4.64. The molecule has 0 aliphatic carbocycles. The van der Waals surface area contributed by atoms with Crippen molar-refractivity contribution in [2.75, 3.05) is 6.54 Å². The van der Waals surface area contributed by atoms with E-state index in [1.807, 2.05) is 23.2 Å². The van der Waals surface area contributed by atoms with E-state index in [4.69, 9.17) is 11.6 Å². The van der Waals surface area contributed by atoms with E-state index >= 15 is 0 Å². The number of carbonyl (C=O) groups is 1. The summed E-state index contributed by atoms with van der Waals surface area (Å²) in [5.74, 6) is 0. The Morgan fingerprint density at radius 1 is 1.40 bits per heavy atom. The highest BCUT2D eigenvalue weighted by Crippen LogP contribution is 2.29. The van der Waals surface area contributed by atoms with Crippen LogP contribution < -0.4 is 5.43 Å². The number of nitrogens with zero attached hydrogens (tertiary/aromatic N) is 1. The molecule has 80 valence electrons. The Labute approximate surface area is 94.0 Å². The van der Waals surface area contributed by atoms with Crippen LogP contribution in [0, 0.1) is 0 Å². The fourth-order valence-electron chi connectivity index (χ4n) is 2.04. The van der Waals surface area contributed by atoms with Gasteiger partial charge in [-0.2, -0.15) is 0 Å². The van der Waals surface area contributed by atoms with Crippen LogP contribution in [0.15, 0.2) is 30.3 Å². The van der Waals surface area contributed by atoms with E-state index in [1.54, 1.807) is 0 Å². The Morgan fingerprint density at radius 2 is 2.13 bits per heavy atom. The van der Waals surface area contributed by atoms with Crippen molar-refractivity contribution in [3.63, 3.8) is 0 Å². The minimum absolute atomic E-state index is 0.258. The lowest BCUT2D eigenvalue weighted by Crippen LogP contribution is -2.38. The van der Waals surface area contributed by atoms with Gasteiger partial charge in [0.25, 0.3) is 0 Å². The molecule has 4 heteroatoms. The van der Waals surface area contributed by atoms with E-state index in [0.29, 0.717) is 0 Å². The fraction of sp³-hybridized carbons (Fsp3) is 0.364. The molecule has 1 aliphatic heterocycles. The van der Waals surface area contributed by atoms with Gasteiger partial charge in [-0.3, -0.25) is 10.2 Å². The zero-order valence-electron chi connectivity index (χ0n) is 8.32. The maximum Gasteiger partial charge on any atom is 0.328 e. The number of amides is 1. The molecule has 1 atom stereocenters. The highest BCUT2D eigenvalue weighted by atomic mass is 35.5. The first kappa shape index (κ1) is 10.5. The van der Waals surface area contributed by atoms with E-state index in [-0.39, 0.29) is 6.04 Å². The smallest absolute Gasteiger partial charge is 0.275 e. The van der Waals surface area contributed by atoms with E-state index < -0.39 is 5.37 Å². The van der Waals surface area contributed by atoms with E-state index in [0.717, 1.165) is 19.4 Å².